The lowest BCUT2D eigenvalue weighted by Crippen LogP contribution is -2.26. The number of ether oxygens (including phenoxy) is 1. The minimum Gasteiger partial charge on any atom is -0.460 e. The summed E-state index contributed by atoms with van der Waals surface area (Å²) in [6, 6.07) is 0. The van der Waals surface area contributed by atoms with Gasteiger partial charge >= 0.3 is 5.97 Å². The summed E-state index contributed by atoms with van der Waals surface area (Å²) in [4.78, 5) is 12.1. The third kappa shape index (κ3) is 3.34. The second-order valence-electron chi connectivity index (χ2n) is 6.51. The highest BCUT2D eigenvalue weighted by molar-refractivity contribution is 5.81. The Morgan fingerprint density at radius 2 is 1.94 bits per heavy atom. The van der Waals surface area contributed by atoms with Crippen molar-refractivity contribution in [3.8, 4) is 0 Å². The highest BCUT2D eigenvalue weighted by atomic mass is 16.6. The Balaban J connectivity index is 2.75. The molecule has 102 valence electrons. The summed E-state index contributed by atoms with van der Waals surface area (Å²) in [5.74, 6) is -0.119. The van der Waals surface area contributed by atoms with Gasteiger partial charge in [0.05, 0.1) is 12.1 Å². The molecule has 0 amide bonds. The molecule has 0 heterocycles. The van der Waals surface area contributed by atoms with Gasteiger partial charge in [0.2, 0.25) is 0 Å². The molecular weight excluding hydrogens is 230 g/mol. The van der Waals surface area contributed by atoms with Gasteiger partial charge in [-0.2, -0.15) is 0 Å². The van der Waals surface area contributed by atoms with Gasteiger partial charge in [-0.05, 0) is 44.6 Å². The van der Waals surface area contributed by atoms with Crippen LogP contribution in [0.3, 0.4) is 0 Å². The molecule has 1 N–H and O–H groups in total. The molecule has 1 saturated carbocycles. The number of carbonyl (C=O) groups excluding carboxylic acids is 1. The second-order valence-corrected chi connectivity index (χ2v) is 6.51. The van der Waals surface area contributed by atoms with E-state index in [9.17, 15) is 4.79 Å². The van der Waals surface area contributed by atoms with Crippen LogP contribution in [0.15, 0.2) is 16.8 Å². The van der Waals surface area contributed by atoms with Gasteiger partial charge in [0.1, 0.15) is 5.60 Å². The zero-order chi connectivity index (χ0) is 14.1. The maximum absolute atomic E-state index is 12.1. The third-order valence-electron chi connectivity index (χ3n) is 3.28. The molecule has 0 spiro atoms. The highest BCUT2D eigenvalue weighted by Gasteiger charge is 2.61. The first-order chi connectivity index (χ1) is 8.09. The Bertz CT molecular complexity index is 388. The Hall–Kier alpha value is -1.32. The predicted molar refractivity (Wildman–Crippen MR) is 70.6 cm³/mol. The number of carbonyl (C=O) groups is 1. The monoisotopic (exact) mass is 253 g/mol. The van der Waals surface area contributed by atoms with Gasteiger partial charge < -0.3 is 9.94 Å². The topological polar surface area (TPSA) is 58.9 Å². The number of nitrogens with zero attached hydrogens (tertiary/aromatic N) is 1. The summed E-state index contributed by atoms with van der Waals surface area (Å²) in [7, 11) is 0. The fraction of sp³-hybridized carbons (Fsp3) is 0.714. The molecule has 4 heteroatoms. The van der Waals surface area contributed by atoms with Crippen LogP contribution in [0.1, 0.15) is 41.5 Å². The van der Waals surface area contributed by atoms with E-state index < -0.39 is 5.60 Å². The summed E-state index contributed by atoms with van der Waals surface area (Å²) in [5, 5.41) is 11.4. The number of oxime groups is 1. The first-order valence-electron chi connectivity index (χ1n) is 6.18. The molecule has 0 aromatic rings. The average molecular weight is 253 g/mol. The summed E-state index contributed by atoms with van der Waals surface area (Å²) < 4.78 is 5.42. The molecule has 0 unspecified atom stereocenters. The van der Waals surface area contributed by atoms with Crippen LogP contribution in [0.2, 0.25) is 0 Å². The normalized spacial score (nSPS) is 27.3. The molecule has 1 aliphatic rings. The number of allylic oxidation sites excluding steroid dienone is 2. The number of hydrogen-bond acceptors (Lipinski definition) is 4. The quantitative estimate of drug-likeness (QED) is 0.364. The Morgan fingerprint density at radius 1 is 1.39 bits per heavy atom. The molecule has 0 aliphatic heterocycles. The molecular formula is C14H23NO3. The maximum atomic E-state index is 12.1. The highest BCUT2D eigenvalue weighted by Crippen LogP contribution is 2.60. The van der Waals surface area contributed by atoms with E-state index in [1.54, 1.807) is 0 Å². The van der Waals surface area contributed by atoms with E-state index in [0.29, 0.717) is 0 Å². The summed E-state index contributed by atoms with van der Waals surface area (Å²) in [5.41, 5.74) is 0.306. The van der Waals surface area contributed by atoms with Crippen LogP contribution in [0, 0.1) is 17.3 Å². The van der Waals surface area contributed by atoms with Crippen LogP contribution in [0.25, 0.3) is 0 Å². The van der Waals surface area contributed by atoms with E-state index in [0.717, 1.165) is 5.57 Å². The van der Waals surface area contributed by atoms with Crippen LogP contribution in [-0.4, -0.2) is 23.0 Å². The lowest BCUT2D eigenvalue weighted by molar-refractivity contribution is -0.157. The fourth-order valence-corrected chi connectivity index (χ4v) is 2.22. The molecule has 0 aromatic carbocycles. The van der Waals surface area contributed by atoms with Gasteiger partial charge in [0.15, 0.2) is 0 Å². The Morgan fingerprint density at radius 3 is 2.39 bits per heavy atom. The largest absolute Gasteiger partial charge is 0.460 e. The van der Waals surface area contributed by atoms with Gasteiger partial charge in [-0.1, -0.05) is 25.1 Å². The van der Waals surface area contributed by atoms with Gasteiger partial charge in [-0.25, -0.2) is 0 Å². The number of esters is 1. The van der Waals surface area contributed by atoms with Crippen molar-refractivity contribution in [2.75, 3.05) is 0 Å². The van der Waals surface area contributed by atoms with Crippen molar-refractivity contribution >= 4 is 12.2 Å². The van der Waals surface area contributed by atoms with Crippen molar-refractivity contribution < 1.29 is 14.7 Å². The lowest BCUT2D eigenvalue weighted by Gasteiger charge is -2.19. The first-order valence-corrected chi connectivity index (χ1v) is 6.18. The summed E-state index contributed by atoms with van der Waals surface area (Å²) >= 11 is 0. The second kappa shape index (κ2) is 4.75. The molecule has 0 bridgehead atoms. The number of hydrogen-bond donors (Lipinski definition) is 1. The summed E-state index contributed by atoms with van der Waals surface area (Å²) in [6.07, 6.45) is 3.34. The SMILES string of the molecule is CC(=C[C@@H]1[C@@H](C(=O)OC(C)(C)C)C1(C)C)/C=N/O. The van der Waals surface area contributed by atoms with Gasteiger partial charge in [0.25, 0.3) is 0 Å². The molecule has 2 atom stereocenters. The minimum atomic E-state index is -0.453. The van der Waals surface area contributed by atoms with Crippen molar-refractivity contribution in [2.24, 2.45) is 22.4 Å². The molecule has 0 saturated heterocycles. The van der Waals surface area contributed by atoms with Crippen molar-refractivity contribution in [2.45, 2.75) is 47.1 Å². The van der Waals surface area contributed by atoms with Gasteiger partial charge in [-0.15, -0.1) is 0 Å². The number of rotatable bonds is 3. The molecule has 18 heavy (non-hydrogen) atoms. The molecule has 0 aromatic heterocycles. The zero-order valence-electron chi connectivity index (χ0n) is 12.0. The smallest absolute Gasteiger partial charge is 0.310 e. The molecule has 0 radical (unpaired) electrons. The predicted octanol–water partition coefficient (Wildman–Crippen LogP) is 3.01. The molecule has 1 rings (SSSR count). The van der Waals surface area contributed by atoms with Crippen LogP contribution in [0.4, 0.5) is 0 Å². The van der Waals surface area contributed by atoms with Gasteiger partial charge in [0, 0.05) is 0 Å². The van der Waals surface area contributed by atoms with Gasteiger partial charge in [-0.3, -0.25) is 4.79 Å². The van der Waals surface area contributed by atoms with E-state index >= 15 is 0 Å². The standard InChI is InChI=1S/C14H23NO3/c1-9(8-15-17)7-10-11(14(10,5)6)12(16)18-13(2,3)4/h7-8,10-11,17H,1-6H3/b9-7?,15-8+/t10-,11+/m1/s1. The van der Waals surface area contributed by atoms with E-state index in [1.807, 2.05) is 47.6 Å². The third-order valence-corrected chi connectivity index (χ3v) is 3.28. The lowest BCUT2D eigenvalue weighted by atomic mass is 10.1. The van der Waals surface area contributed by atoms with E-state index in [4.69, 9.17) is 9.94 Å². The van der Waals surface area contributed by atoms with Crippen LogP contribution < -0.4 is 0 Å². The average Bonchev–Trinajstić information content (AvgIpc) is 2.65. The first kappa shape index (κ1) is 14.7. The Labute approximate surface area is 109 Å². The maximum Gasteiger partial charge on any atom is 0.310 e. The molecule has 1 aliphatic carbocycles. The molecule has 1 fully saturated rings. The fourth-order valence-electron chi connectivity index (χ4n) is 2.22. The van der Waals surface area contributed by atoms with Crippen LogP contribution >= 0.6 is 0 Å². The van der Waals surface area contributed by atoms with Crippen LogP contribution in [-0.2, 0) is 9.53 Å². The van der Waals surface area contributed by atoms with E-state index in [-0.39, 0.29) is 23.2 Å². The minimum absolute atomic E-state index is 0.0904. The Kier molecular flexibility index (Phi) is 3.89. The van der Waals surface area contributed by atoms with E-state index in [1.165, 1.54) is 6.21 Å². The zero-order valence-corrected chi connectivity index (χ0v) is 12.0. The van der Waals surface area contributed by atoms with Crippen molar-refractivity contribution in [1.82, 2.24) is 0 Å². The van der Waals surface area contributed by atoms with Crippen molar-refractivity contribution in [3.05, 3.63) is 11.6 Å². The van der Waals surface area contributed by atoms with Crippen molar-refractivity contribution in [3.63, 3.8) is 0 Å². The summed E-state index contributed by atoms with van der Waals surface area (Å²) in [6.45, 7) is 11.6. The molecule has 4 nitrogen and oxygen atoms in total. The van der Waals surface area contributed by atoms with Crippen molar-refractivity contribution in [1.29, 1.82) is 0 Å². The van der Waals surface area contributed by atoms with Crippen LogP contribution in [0.5, 0.6) is 0 Å². The van der Waals surface area contributed by atoms with E-state index in [2.05, 4.69) is 5.16 Å².